The molecule has 4 rings (SSSR count). The number of phenolic OH excluding ortho intramolecular Hbond substituents is 1. The second-order valence-corrected chi connectivity index (χ2v) is 5.90. The fraction of sp³-hybridized carbons (Fsp3) is 0.211. The average Bonchev–Trinajstić information content (AvgIpc) is 3.05. The summed E-state index contributed by atoms with van der Waals surface area (Å²) >= 11 is 0. The van der Waals surface area contributed by atoms with E-state index in [0.717, 1.165) is 40.9 Å². The lowest BCUT2D eigenvalue weighted by Gasteiger charge is -2.16. The van der Waals surface area contributed by atoms with Crippen LogP contribution in [0.3, 0.4) is 0 Å². The number of aromatic amines is 1. The number of nitrogens with zero attached hydrogens (tertiary/aromatic N) is 1. The molecule has 0 atom stereocenters. The lowest BCUT2D eigenvalue weighted by atomic mass is 10.0. The molecule has 122 valence electrons. The van der Waals surface area contributed by atoms with E-state index < -0.39 is 0 Å². The maximum absolute atomic E-state index is 10.5. The number of ether oxygens (including phenoxy) is 1. The molecule has 0 spiro atoms. The van der Waals surface area contributed by atoms with Crippen LogP contribution in [0, 0.1) is 0 Å². The van der Waals surface area contributed by atoms with Gasteiger partial charge in [-0.1, -0.05) is 12.1 Å². The second kappa shape index (κ2) is 5.92. The maximum Gasteiger partial charge on any atom is 0.165 e. The van der Waals surface area contributed by atoms with Crippen molar-refractivity contribution in [3.8, 4) is 11.5 Å². The fourth-order valence-electron chi connectivity index (χ4n) is 3.14. The van der Waals surface area contributed by atoms with E-state index in [1.165, 1.54) is 5.56 Å². The highest BCUT2D eigenvalue weighted by atomic mass is 16.5. The molecule has 0 unspecified atom stereocenters. The Morgan fingerprint density at radius 2 is 2.12 bits per heavy atom. The van der Waals surface area contributed by atoms with Crippen LogP contribution in [0.5, 0.6) is 11.5 Å². The summed E-state index contributed by atoms with van der Waals surface area (Å²) in [6, 6.07) is 9.80. The number of nitrogens with one attached hydrogen (secondary N) is 2. The molecule has 0 amide bonds. The highest BCUT2D eigenvalue weighted by Gasteiger charge is 2.18. The Morgan fingerprint density at radius 3 is 2.92 bits per heavy atom. The highest BCUT2D eigenvalue weighted by Crippen LogP contribution is 2.42. The van der Waals surface area contributed by atoms with E-state index in [-0.39, 0.29) is 5.75 Å². The number of H-pyrrole nitrogens is 1. The Morgan fingerprint density at radius 1 is 1.29 bits per heavy atom. The van der Waals surface area contributed by atoms with Crippen molar-refractivity contribution < 1.29 is 9.84 Å². The lowest BCUT2D eigenvalue weighted by molar-refractivity contribution is 0.414. The monoisotopic (exact) mass is 321 g/mol. The van der Waals surface area contributed by atoms with Crippen LogP contribution in [0.4, 0.5) is 11.4 Å². The molecule has 3 aromatic rings. The van der Waals surface area contributed by atoms with E-state index >= 15 is 0 Å². The minimum Gasteiger partial charge on any atom is -0.504 e. The molecule has 2 heterocycles. The SMILES string of the molecule is COc1ccc(CC=Nc2cc3c4c(c[nH]c4c2O)CCN3)cc1. The largest absolute Gasteiger partial charge is 0.504 e. The third kappa shape index (κ3) is 2.48. The van der Waals surface area contributed by atoms with Crippen molar-refractivity contribution in [1.82, 2.24) is 4.98 Å². The quantitative estimate of drug-likeness (QED) is 0.506. The number of aliphatic imine (C=N–C) groups is 1. The molecule has 0 radical (unpaired) electrons. The van der Waals surface area contributed by atoms with E-state index in [9.17, 15) is 5.11 Å². The number of methoxy groups -OCH3 is 1. The first-order valence-corrected chi connectivity index (χ1v) is 8.01. The summed E-state index contributed by atoms with van der Waals surface area (Å²) in [4.78, 5) is 7.64. The van der Waals surface area contributed by atoms with Crippen LogP contribution in [0.25, 0.3) is 10.9 Å². The molecule has 1 aliphatic heterocycles. The summed E-state index contributed by atoms with van der Waals surface area (Å²) in [6.07, 6.45) is 5.45. The van der Waals surface area contributed by atoms with Gasteiger partial charge >= 0.3 is 0 Å². The van der Waals surface area contributed by atoms with Gasteiger partial charge in [-0.05, 0) is 35.7 Å². The van der Waals surface area contributed by atoms with E-state index in [4.69, 9.17) is 4.74 Å². The number of aromatic nitrogens is 1. The number of phenols is 1. The van der Waals surface area contributed by atoms with Crippen molar-refractivity contribution in [1.29, 1.82) is 0 Å². The van der Waals surface area contributed by atoms with Crippen LogP contribution in [-0.4, -0.2) is 30.0 Å². The maximum atomic E-state index is 10.5. The zero-order valence-electron chi connectivity index (χ0n) is 13.5. The zero-order chi connectivity index (χ0) is 16.5. The first-order chi connectivity index (χ1) is 11.8. The van der Waals surface area contributed by atoms with Gasteiger partial charge in [-0.15, -0.1) is 0 Å². The molecule has 5 heteroatoms. The van der Waals surface area contributed by atoms with Crippen molar-refractivity contribution in [3.63, 3.8) is 0 Å². The van der Waals surface area contributed by atoms with Gasteiger partial charge in [0.25, 0.3) is 0 Å². The van der Waals surface area contributed by atoms with Crippen LogP contribution in [0.15, 0.2) is 41.5 Å². The molecule has 0 bridgehead atoms. The van der Waals surface area contributed by atoms with Gasteiger partial charge < -0.3 is 20.1 Å². The van der Waals surface area contributed by atoms with E-state index in [1.54, 1.807) is 7.11 Å². The van der Waals surface area contributed by atoms with Gasteiger partial charge in [0.1, 0.15) is 11.4 Å². The number of aromatic hydroxyl groups is 1. The Labute approximate surface area is 140 Å². The van der Waals surface area contributed by atoms with Gasteiger partial charge in [0.15, 0.2) is 5.75 Å². The van der Waals surface area contributed by atoms with Gasteiger partial charge in [0, 0.05) is 36.5 Å². The molecule has 1 aliphatic rings. The van der Waals surface area contributed by atoms with Gasteiger partial charge in [-0.25, -0.2) is 0 Å². The standard InChI is InChI=1S/C19H19N3O2/c1-24-14-4-2-12(3-5-14)6-8-21-16-10-15-17-13(7-9-20-15)11-22-18(17)19(16)23/h2-5,8,10-11,20,22-23H,6-7,9H2,1H3. The van der Waals surface area contributed by atoms with Crippen LogP contribution in [0.2, 0.25) is 0 Å². The van der Waals surface area contributed by atoms with Gasteiger partial charge in [0.05, 0.1) is 12.6 Å². The van der Waals surface area contributed by atoms with Crippen molar-refractivity contribution in [2.24, 2.45) is 4.99 Å². The summed E-state index contributed by atoms with van der Waals surface area (Å²) in [6.45, 7) is 0.903. The first kappa shape index (κ1) is 14.6. The Hall–Kier alpha value is -2.95. The van der Waals surface area contributed by atoms with Gasteiger partial charge in [-0.2, -0.15) is 0 Å². The highest BCUT2D eigenvalue weighted by molar-refractivity contribution is 6.03. The third-order valence-electron chi connectivity index (χ3n) is 4.42. The summed E-state index contributed by atoms with van der Waals surface area (Å²) < 4.78 is 5.16. The molecule has 5 nitrogen and oxygen atoms in total. The summed E-state index contributed by atoms with van der Waals surface area (Å²) in [5.41, 5.74) is 4.74. The van der Waals surface area contributed by atoms with Gasteiger partial charge in [0.2, 0.25) is 0 Å². The molecule has 0 fully saturated rings. The number of hydrogen-bond donors (Lipinski definition) is 3. The van der Waals surface area contributed by atoms with Gasteiger partial charge in [-0.3, -0.25) is 4.99 Å². The Bertz CT molecular complexity index is 911. The van der Waals surface area contributed by atoms with Crippen molar-refractivity contribution >= 4 is 28.5 Å². The topological polar surface area (TPSA) is 69.6 Å². The zero-order valence-corrected chi connectivity index (χ0v) is 13.5. The molecule has 3 N–H and O–H groups in total. The Kier molecular flexibility index (Phi) is 3.61. The molecule has 0 aliphatic carbocycles. The van der Waals surface area contributed by atoms with Crippen molar-refractivity contribution in [2.75, 3.05) is 19.0 Å². The number of hydrogen-bond acceptors (Lipinski definition) is 4. The fourth-order valence-corrected chi connectivity index (χ4v) is 3.14. The minimum absolute atomic E-state index is 0.203. The predicted octanol–water partition coefficient (Wildman–Crippen LogP) is 3.80. The van der Waals surface area contributed by atoms with Crippen LogP contribution >= 0.6 is 0 Å². The van der Waals surface area contributed by atoms with E-state index in [1.807, 2.05) is 42.7 Å². The number of benzene rings is 2. The third-order valence-corrected chi connectivity index (χ3v) is 4.42. The lowest BCUT2D eigenvalue weighted by Crippen LogP contribution is -2.09. The molecular formula is C19H19N3O2. The number of rotatable bonds is 4. The smallest absolute Gasteiger partial charge is 0.165 e. The van der Waals surface area contributed by atoms with Crippen molar-refractivity contribution in [2.45, 2.75) is 12.8 Å². The molecular weight excluding hydrogens is 302 g/mol. The predicted molar refractivity (Wildman–Crippen MR) is 97.0 cm³/mol. The van der Waals surface area contributed by atoms with Crippen LogP contribution in [0.1, 0.15) is 11.1 Å². The summed E-state index contributed by atoms with van der Waals surface area (Å²) in [7, 11) is 1.65. The second-order valence-electron chi connectivity index (χ2n) is 5.90. The van der Waals surface area contributed by atoms with Crippen LogP contribution in [-0.2, 0) is 12.8 Å². The van der Waals surface area contributed by atoms with E-state index in [2.05, 4.69) is 15.3 Å². The first-order valence-electron chi connectivity index (χ1n) is 8.01. The molecule has 0 saturated heterocycles. The Balaban J connectivity index is 1.61. The summed E-state index contributed by atoms with van der Waals surface area (Å²) in [5, 5.41) is 14.9. The minimum atomic E-state index is 0.203. The molecule has 24 heavy (non-hydrogen) atoms. The molecule has 0 saturated carbocycles. The average molecular weight is 321 g/mol. The van der Waals surface area contributed by atoms with Crippen molar-refractivity contribution in [3.05, 3.63) is 47.7 Å². The molecule has 2 aromatic carbocycles. The normalized spacial score (nSPS) is 13.4. The van der Waals surface area contributed by atoms with E-state index in [0.29, 0.717) is 12.1 Å². The summed E-state index contributed by atoms with van der Waals surface area (Å²) in [5.74, 6) is 1.04. The number of anilines is 1. The molecule has 1 aromatic heterocycles. The van der Waals surface area contributed by atoms with Crippen LogP contribution < -0.4 is 10.1 Å².